The first-order valence-electron chi connectivity index (χ1n) is 7.42. The minimum atomic E-state index is -0.254. The van der Waals surface area contributed by atoms with Gasteiger partial charge in [0.2, 0.25) is 5.91 Å². The topological polar surface area (TPSA) is 52.6 Å². The summed E-state index contributed by atoms with van der Waals surface area (Å²) in [5, 5.41) is 13.1. The summed E-state index contributed by atoms with van der Waals surface area (Å²) in [4.78, 5) is 14.2. The van der Waals surface area contributed by atoms with Gasteiger partial charge in [-0.2, -0.15) is 0 Å². The molecule has 0 aromatic heterocycles. The molecule has 1 amide bonds. The zero-order chi connectivity index (χ0) is 15.4. The Morgan fingerprint density at radius 2 is 2.24 bits per heavy atom. The number of hydrogen-bond acceptors (Lipinski definition) is 3. The van der Waals surface area contributed by atoms with E-state index in [1.807, 2.05) is 26.0 Å². The number of hydrogen-bond donors (Lipinski definition) is 2. The van der Waals surface area contributed by atoms with Crippen molar-refractivity contribution in [2.75, 3.05) is 25.0 Å². The van der Waals surface area contributed by atoms with Crippen LogP contribution in [0.15, 0.2) is 12.1 Å². The SMILES string of the molecule is Cc1cc(C)c(NC(=O)CCN2CCC[C@H](O)C2)c(Cl)c1. The highest BCUT2D eigenvalue weighted by molar-refractivity contribution is 6.34. The Hall–Kier alpha value is -1.10. The van der Waals surface area contributed by atoms with Crippen molar-refractivity contribution in [2.45, 2.75) is 39.2 Å². The molecule has 0 aliphatic carbocycles. The van der Waals surface area contributed by atoms with E-state index in [0.717, 1.165) is 30.5 Å². The van der Waals surface area contributed by atoms with Gasteiger partial charge in [0, 0.05) is 19.5 Å². The van der Waals surface area contributed by atoms with E-state index in [9.17, 15) is 9.90 Å². The molecule has 0 bridgehead atoms. The fraction of sp³-hybridized carbons (Fsp3) is 0.562. The van der Waals surface area contributed by atoms with Crippen LogP contribution in [-0.4, -0.2) is 41.7 Å². The lowest BCUT2D eigenvalue weighted by Crippen LogP contribution is -2.39. The number of nitrogens with zero attached hydrogens (tertiary/aromatic N) is 1. The molecular formula is C16H23ClN2O2. The highest BCUT2D eigenvalue weighted by Gasteiger charge is 2.18. The van der Waals surface area contributed by atoms with Crippen molar-refractivity contribution < 1.29 is 9.90 Å². The summed E-state index contributed by atoms with van der Waals surface area (Å²) >= 11 is 6.19. The second-order valence-corrected chi connectivity index (χ2v) is 6.24. The van der Waals surface area contributed by atoms with Gasteiger partial charge in [0.25, 0.3) is 0 Å². The monoisotopic (exact) mass is 310 g/mol. The maximum absolute atomic E-state index is 12.1. The first kappa shape index (κ1) is 16.3. The Bertz CT molecular complexity index is 496. The molecule has 21 heavy (non-hydrogen) atoms. The molecule has 1 aromatic rings. The average molecular weight is 311 g/mol. The lowest BCUT2D eigenvalue weighted by atomic mass is 10.1. The number of carbonyl (C=O) groups excluding carboxylic acids is 1. The summed E-state index contributed by atoms with van der Waals surface area (Å²) in [7, 11) is 0. The average Bonchev–Trinajstić information content (AvgIpc) is 2.40. The number of halogens is 1. The van der Waals surface area contributed by atoms with E-state index in [4.69, 9.17) is 11.6 Å². The number of anilines is 1. The first-order chi connectivity index (χ1) is 9.95. The number of piperidine rings is 1. The van der Waals surface area contributed by atoms with Gasteiger partial charge in [0.05, 0.1) is 16.8 Å². The Kier molecular flexibility index (Phi) is 5.62. The van der Waals surface area contributed by atoms with Crippen LogP contribution in [0, 0.1) is 13.8 Å². The minimum absolute atomic E-state index is 0.0380. The van der Waals surface area contributed by atoms with Crippen LogP contribution >= 0.6 is 11.6 Å². The highest BCUT2D eigenvalue weighted by atomic mass is 35.5. The second-order valence-electron chi connectivity index (χ2n) is 5.83. The zero-order valence-corrected chi connectivity index (χ0v) is 13.4. The number of aliphatic hydroxyl groups excluding tert-OH is 1. The van der Waals surface area contributed by atoms with Gasteiger partial charge in [-0.15, -0.1) is 0 Å². The molecule has 2 N–H and O–H groups in total. The van der Waals surface area contributed by atoms with E-state index >= 15 is 0 Å². The summed E-state index contributed by atoms with van der Waals surface area (Å²) in [6, 6.07) is 3.85. The van der Waals surface area contributed by atoms with Gasteiger partial charge in [-0.1, -0.05) is 17.7 Å². The Labute approximate surface area is 131 Å². The van der Waals surface area contributed by atoms with Gasteiger partial charge < -0.3 is 15.3 Å². The highest BCUT2D eigenvalue weighted by Crippen LogP contribution is 2.27. The van der Waals surface area contributed by atoms with Crippen molar-refractivity contribution in [3.8, 4) is 0 Å². The molecule has 2 rings (SSSR count). The molecule has 116 valence electrons. The van der Waals surface area contributed by atoms with Crippen molar-refractivity contribution in [1.82, 2.24) is 4.90 Å². The van der Waals surface area contributed by atoms with E-state index in [1.165, 1.54) is 0 Å². The molecule has 1 saturated heterocycles. The van der Waals surface area contributed by atoms with Crippen molar-refractivity contribution in [3.63, 3.8) is 0 Å². The van der Waals surface area contributed by atoms with Crippen molar-refractivity contribution in [2.24, 2.45) is 0 Å². The molecule has 0 saturated carbocycles. The third-order valence-corrected chi connectivity index (χ3v) is 4.13. The zero-order valence-electron chi connectivity index (χ0n) is 12.7. The molecule has 1 aliphatic rings. The number of carbonyl (C=O) groups is 1. The molecule has 4 nitrogen and oxygen atoms in total. The van der Waals surface area contributed by atoms with Crippen LogP contribution in [0.2, 0.25) is 5.02 Å². The number of benzene rings is 1. The fourth-order valence-electron chi connectivity index (χ4n) is 2.77. The van der Waals surface area contributed by atoms with Crippen LogP contribution in [0.25, 0.3) is 0 Å². The fourth-order valence-corrected chi connectivity index (χ4v) is 3.14. The number of nitrogens with one attached hydrogen (secondary N) is 1. The molecule has 0 spiro atoms. The predicted octanol–water partition coefficient (Wildman–Crippen LogP) is 2.74. The first-order valence-corrected chi connectivity index (χ1v) is 7.80. The van der Waals surface area contributed by atoms with Crippen molar-refractivity contribution >= 4 is 23.2 Å². The smallest absolute Gasteiger partial charge is 0.225 e. The Morgan fingerprint density at radius 3 is 2.90 bits per heavy atom. The summed E-state index contributed by atoms with van der Waals surface area (Å²) in [5.41, 5.74) is 2.76. The van der Waals surface area contributed by atoms with E-state index in [1.54, 1.807) is 0 Å². The van der Waals surface area contributed by atoms with Crippen molar-refractivity contribution in [1.29, 1.82) is 0 Å². The Morgan fingerprint density at radius 1 is 1.48 bits per heavy atom. The number of amides is 1. The number of β-amino-alcohol motifs (C(OH)–C–C–N with tert-alkyl or cyclic N) is 1. The molecule has 1 aromatic carbocycles. The standard InChI is InChI=1S/C16H23ClN2O2/c1-11-8-12(2)16(14(17)9-11)18-15(21)5-7-19-6-3-4-13(20)10-19/h8-9,13,20H,3-7,10H2,1-2H3,(H,18,21)/t13-/m0/s1. The summed E-state index contributed by atoms with van der Waals surface area (Å²) in [5.74, 6) is -0.0380. The van der Waals surface area contributed by atoms with E-state index < -0.39 is 0 Å². The van der Waals surface area contributed by atoms with Gasteiger partial charge in [0.15, 0.2) is 0 Å². The quantitative estimate of drug-likeness (QED) is 0.899. The van der Waals surface area contributed by atoms with Gasteiger partial charge >= 0.3 is 0 Å². The Balaban J connectivity index is 1.87. The van der Waals surface area contributed by atoms with E-state index in [2.05, 4.69) is 10.2 Å². The molecule has 1 heterocycles. The van der Waals surface area contributed by atoms with Gasteiger partial charge in [0.1, 0.15) is 0 Å². The number of likely N-dealkylation sites (tertiary alicyclic amines) is 1. The van der Waals surface area contributed by atoms with E-state index in [0.29, 0.717) is 30.2 Å². The summed E-state index contributed by atoms with van der Waals surface area (Å²) < 4.78 is 0. The van der Waals surface area contributed by atoms with Crippen LogP contribution < -0.4 is 5.32 Å². The number of rotatable bonds is 4. The van der Waals surface area contributed by atoms with Crippen molar-refractivity contribution in [3.05, 3.63) is 28.3 Å². The molecule has 0 radical (unpaired) electrons. The third kappa shape index (κ3) is 4.70. The van der Waals surface area contributed by atoms with Crippen LogP contribution in [0.5, 0.6) is 0 Å². The summed E-state index contributed by atoms with van der Waals surface area (Å²) in [6.45, 7) is 6.21. The molecule has 5 heteroatoms. The maximum Gasteiger partial charge on any atom is 0.225 e. The molecule has 1 fully saturated rings. The van der Waals surface area contributed by atoms with Crippen LogP contribution in [0.4, 0.5) is 5.69 Å². The lowest BCUT2D eigenvalue weighted by Gasteiger charge is -2.29. The molecule has 0 unspecified atom stereocenters. The number of aryl methyl sites for hydroxylation is 2. The van der Waals surface area contributed by atoms with Gasteiger partial charge in [-0.3, -0.25) is 4.79 Å². The summed E-state index contributed by atoms with van der Waals surface area (Å²) in [6.07, 6.45) is 2.01. The second kappa shape index (κ2) is 7.25. The predicted molar refractivity (Wildman–Crippen MR) is 85.9 cm³/mol. The molecule has 1 atom stereocenters. The third-order valence-electron chi connectivity index (χ3n) is 3.83. The van der Waals surface area contributed by atoms with Gasteiger partial charge in [-0.25, -0.2) is 0 Å². The van der Waals surface area contributed by atoms with Crippen LogP contribution in [0.1, 0.15) is 30.4 Å². The van der Waals surface area contributed by atoms with Gasteiger partial charge in [-0.05, 0) is 50.4 Å². The van der Waals surface area contributed by atoms with Crippen LogP contribution in [0.3, 0.4) is 0 Å². The normalized spacial score (nSPS) is 19.5. The maximum atomic E-state index is 12.1. The largest absolute Gasteiger partial charge is 0.392 e. The van der Waals surface area contributed by atoms with E-state index in [-0.39, 0.29) is 12.0 Å². The lowest BCUT2D eigenvalue weighted by molar-refractivity contribution is -0.116. The molecule has 1 aliphatic heterocycles. The minimum Gasteiger partial charge on any atom is -0.392 e. The molecular weight excluding hydrogens is 288 g/mol. The number of aliphatic hydroxyl groups is 1. The van der Waals surface area contributed by atoms with Crippen LogP contribution in [-0.2, 0) is 4.79 Å².